The van der Waals surface area contributed by atoms with E-state index in [1.807, 2.05) is 49.4 Å². The van der Waals surface area contributed by atoms with Gasteiger partial charge in [-0.2, -0.15) is 0 Å². The van der Waals surface area contributed by atoms with Gasteiger partial charge < -0.3 is 14.8 Å². The average Bonchev–Trinajstić information content (AvgIpc) is 2.61. The molecule has 1 N–H and O–H groups in total. The van der Waals surface area contributed by atoms with Gasteiger partial charge >= 0.3 is 0 Å². The first-order chi connectivity index (χ1) is 12.0. The van der Waals surface area contributed by atoms with Crippen LogP contribution in [0.2, 0.25) is 0 Å². The molecular weight excluding hydrogens is 314 g/mol. The molecule has 132 valence electrons. The van der Waals surface area contributed by atoms with E-state index in [4.69, 9.17) is 9.47 Å². The van der Waals surface area contributed by atoms with Gasteiger partial charge in [-0.25, -0.2) is 0 Å². The summed E-state index contributed by atoms with van der Waals surface area (Å²) in [4.78, 5) is 12.2. The van der Waals surface area contributed by atoms with E-state index in [2.05, 4.69) is 19.2 Å². The Morgan fingerprint density at radius 3 is 2.60 bits per heavy atom. The summed E-state index contributed by atoms with van der Waals surface area (Å²) in [6.07, 6.45) is 3.28. The molecule has 4 heteroatoms. The maximum atomic E-state index is 12.2. The van der Waals surface area contributed by atoms with Gasteiger partial charge in [0.1, 0.15) is 0 Å². The number of carbonyl (C=O) groups is 1. The smallest absolute Gasteiger partial charge is 0.248 e. The number of para-hydroxylation sites is 1. The molecule has 0 aliphatic heterocycles. The van der Waals surface area contributed by atoms with Crippen LogP contribution in [0.3, 0.4) is 0 Å². The van der Waals surface area contributed by atoms with Crippen molar-refractivity contribution in [2.45, 2.75) is 26.7 Å². The fraction of sp³-hybridized carbons (Fsp3) is 0.286. The molecule has 0 heterocycles. The molecule has 2 rings (SSSR count). The molecular formula is C21H25NO3. The Labute approximate surface area is 149 Å². The predicted molar refractivity (Wildman–Crippen MR) is 102 cm³/mol. The van der Waals surface area contributed by atoms with Crippen molar-refractivity contribution >= 4 is 17.7 Å². The fourth-order valence-corrected chi connectivity index (χ4v) is 2.53. The topological polar surface area (TPSA) is 47.6 Å². The first-order valence-electron chi connectivity index (χ1n) is 8.44. The minimum absolute atomic E-state index is 0.165. The zero-order valence-corrected chi connectivity index (χ0v) is 15.2. The fourth-order valence-electron chi connectivity index (χ4n) is 2.53. The van der Waals surface area contributed by atoms with Crippen LogP contribution < -0.4 is 14.8 Å². The molecule has 0 aliphatic rings. The molecule has 0 unspecified atom stereocenters. The Balaban J connectivity index is 2.12. The number of carbonyl (C=O) groups excluding carboxylic acids is 1. The lowest BCUT2D eigenvalue weighted by atomic mass is 10.0. The molecule has 0 aliphatic carbocycles. The van der Waals surface area contributed by atoms with Crippen LogP contribution >= 0.6 is 0 Å². The summed E-state index contributed by atoms with van der Waals surface area (Å²) < 4.78 is 10.8. The van der Waals surface area contributed by atoms with E-state index in [-0.39, 0.29) is 5.91 Å². The van der Waals surface area contributed by atoms with Crippen LogP contribution in [0, 0.1) is 0 Å². The Morgan fingerprint density at radius 1 is 1.16 bits per heavy atom. The number of hydrogen-bond donors (Lipinski definition) is 1. The quantitative estimate of drug-likeness (QED) is 0.732. The molecule has 0 saturated heterocycles. The zero-order chi connectivity index (χ0) is 18.2. The number of methoxy groups -OCH3 is 1. The van der Waals surface area contributed by atoms with E-state index in [1.165, 1.54) is 6.08 Å². The van der Waals surface area contributed by atoms with Crippen LogP contribution in [0.4, 0.5) is 5.69 Å². The summed E-state index contributed by atoms with van der Waals surface area (Å²) in [6.45, 7) is 6.68. The largest absolute Gasteiger partial charge is 0.493 e. The van der Waals surface area contributed by atoms with Crippen LogP contribution in [0.1, 0.15) is 37.8 Å². The maximum absolute atomic E-state index is 12.2. The molecule has 0 saturated carbocycles. The Bertz CT molecular complexity index is 751. The second-order valence-corrected chi connectivity index (χ2v) is 5.91. The third-order valence-corrected chi connectivity index (χ3v) is 3.76. The van der Waals surface area contributed by atoms with Crippen molar-refractivity contribution in [1.82, 2.24) is 0 Å². The van der Waals surface area contributed by atoms with Crippen LogP contribution in [0.25, 0.3) is 6.08 Å². The zero-order valence-electron chi connectivity index (χ0n) is 15.2. The van der Waals surface area contributed by atoms with Gasteiger partial charge in [0, 0.05) is 11.8 Å². The van der Waals surface area contributed by atoms with Gasteiger partial charge in [-0.15, -0.1) is 0 Å². The lowest BCUT2D eigenvalue weighted by Crippen LogP contribution is -2.10. The number of rotatable bonds is 7. The SMILES string of the molecule is CCOc1cc(/C=C/C(=O)Nc2ccccc2C(C)C)ccc1OC. The third-order valence-electron chi connectivity index (χ3n) is 3.76. The average molecular weight is 339 g/mol. The first-order valence-corrected chi connectivity index (χ1v) is 8.44. The van der Waals surface area contributed by atoms with Gasteiger partial charge in [0.05, 0.1) is 13.7 Å². The van der Waals surface area contributed by atoms with Gasteiger partial charge in [0.15, 0.2) is 11.5 Å². The molecule has 2 aromatic rings. The Kier molecular flexibility index (Phi) is 6.63. The molecule has 0 bridgehead atoms. The summed E-state index contributed by atoms with van der Waals surface area (Å²) in [5, 5.41) is 2.94. The summed E-state index contributed by atoms with van der Waals surface area (Å²) in [6, 6.07) is 13.4. The lowest BCUT2D eigenvalue weighted by molar-refractivity contribution is -0.111. The van der Waals surface area contributed by atoms with Gasteiger partial charge in [-0.1, -0.05) is 38.1 Å². The van der Waals surface area contributed by atoms with Crippen molar-refractivity contribution < 1.29 is 14.3 Å². The number of anilines is 1. The highest BCUT2D eigenvalue weighted by Crippen LogP contribution is 2.28. The second-order valence-electron chi connectivity index (χ2n) is 5.91. The molecule has 2 aromatic carbocycles. The van der Waals surface area contributed by atoms with Crippen molar-refractivity contribution in [2.24, 2.45) is 0 Å². The van der Waals surface area contributed by atoms with Gasteiger partial charge in [0.25, 0.3) is 0 Å². The van der Waals surface area contributed by atoms with Crippen molar-refractivity contribution in [2.75, 3.05) is 19.0 Å². The number of benzene rings is 2. The van der Waals surface area contributed by atoms with E-state index >= 15 is 0 Å². The number of nitrogens with one attached hydrogen (secondary N) is 1. The van der Waals surface area contributed by atoms with Crippen molar-refractivity contribution in [3.63, 3.8) is 0 Å². The van der Waals surface area contributed by atoms with E-state index in [0.29, 0.717) is 24.0 Å². The standard InChI is InChI=1S/C21H25NO3/c1-5-25-20-14-16(10-12-19(20)24-4)11-13-21(23)22-18-9-7-6-8-17(18)15(2)3/h6-15H,5H2,1-4H3,(H,22,23)/b13-11+. The Morgan fingerprint density at radius 2 is 1.92 bits per heavy atom. The van der Waals surface area contributed by atoms with Crippen LogP contribution in [-0.2, 0) is 4.79 Å². The normalized spacial score (nSPS) is 10.9. The summed E-state index contributed by atoms with van der Waals surface area (Å²) in [7, 11) is 1.60. The molecule has 4 nitrogen and oxygen atoms in total. The van der Waals surface area contributed by atoms with Crippen molar-refractivity contribution in [3.8, 4) is 11.5 Å². The first kappa shape index (κ1) is 18.6. The van der Waals surface area contributed by atoms with E-state index in [0.717, 1.165) is 16.8 Å². The lowest BCUT2D eigenvalue weighted by Gasteiger charge is -2.12. The predicted octanol–water partition coefficient (Wildman–Crippen LogP) is 4.87. The molecule has 0 spiro atoms. The van der Waals surface area contributed by atoms with Crippen LogP contribution in [-0.4, -0.2) is 19.6 Å². The third kappa shape index (κ3) is 5.11. The highest BCUT2D eigenvalue weighted by molar-refractivity contribution is 6.02. The molecule has 0 aromatic heterocycles. The highest BCUT2D eigenvalue weighted by Gasteiger charge is 2.08. The minimum Gasteiger partial charge on any atom is -0.493 e. The van der Waals surface area contributed by atoms with Gasteiger partial charge in [-0.3, -0.25) is 4.79 Å². The molecule has 0 fully saturated rings. The van der Waals surface area contributed by atoms with Crippen LogP contribution in [0.15, 0.2) is 48.5 Å². The number of hydrogen-bond acceptors (Lipinski definition) is 3. The molecule has 0 atom stereocenters. The van der Waals surface area contributed by atoms with Crippen molar-refractivity contribution in [1.29, 1.82) is 0 Å². The van der Waals surface area contributed by atoms with Gasteiger partial charge in [0.2, 0.25) is 5.91 Å². The Hall–Kier alpha value is -2.75. The van der Waals surface area contributed by atoms with Crippen molar-refractivity contribution in [3.05, 3.63) is 59.7 Å². The molecule has 1 amide bonds. The van der Waals surface area contributed by atoms with E-state index < -0.39 is 0 Å². The van der Waals surface area contributed by atoms with Crippen LogP contribution in [0.5, 0.6) is 11.5 Å². The van der Waals surface area contributed by atoms with Gasteiger partial charge in [-0.05, 0) is 48.2 Å². The molecule has 0 radical (unpaired) electrons. The minimum atomic E-state index is -0.165. The highest BCUT2D eigenvalue weighted by atomic mass is 16.5. The number of amides is 1. The maximum Gasteiger partial charge on any atom is 0.248 e. The molecule has 25 heavy (non-hydrogen) atoms. The monoisotopic (exact) mass is 339 g/mol. The summed E-state index contributed by atoms with van der Waals surface area (Å²) in [5.74, 6) is 1.52. The number of ether oxygens (including phenoxy) is 2. The van der Waals surface area contributed by atoms with E-state index in [1.54, 1.807) is 13.2 Å². The summed E-state index contributed by atoms with van der Waals surface area (Å²) >= 11 is 0. The second kappa shape index (κ2) is 8.92. The summed E-state index contributed by atoms with van der Waals surface area (Å²) in [5.41, 5.74) is 2.83. The van der Waals surface area contributed by atoms with E-state index in [9.17, 15) is 4.79 Å².